The zero-order valence-corrected chi connectivity index (χ0v) is 21.0. The summed E-state index contributed by atoms with van der Waals surface area (Å²) in [6.45, 7) is 0. The molecule has 0 atom stereocenters. The summed E-state index contributed by atoms with van der Waals surface area (Å²) in [4.78, 5) is 13.2. The quantitative estimate of drug-likeness (QED) is 0.184. The first kappa shape index (κ1) is 24.5. The summed E-state index contributed by atoms with van der Waals surface area (Å²) >= 11 is 12.1. The number of hydrogen-bond donors (Lipinski definition) is 0. The van der Waals surface area contributed by atoms with E-state index in [-0.39, 0.29) is 11.5 Å². The van der Waals surface area contributed by atoms with Crippen LogP contribution in [-0.4, -0.2) is 34.2 Å². The van der Waals surface area contributed by atoms with E-state index in [9.17, 15) is 4.79 Å². The van der Waals surface area contributed by atoms with Crippen molar-refractivity contribution in [3.05, 3.63) is 81.0 Å². The first-order valence-corrected chi connectivity index (χ1v) is 11.2. The number of ether oxygens (including phenoxy) is 4. The van der Waals surface area contributed by atoms with Gasteiger partial charge < -0.3 is 23.4 Å². The summed E-state index contributed by atoms with van der Waals surface area (Å²) in [5.41, 5.74) is 2.54. The van der Waals surface area contributed by atoms with Crippen LogP contribution in [0.15, 0.2) is 52.9 Å². The van der Waals surface area contributed by atoms with Crippen molar-refractivity contribution >= 4 is 52.1 Å². The van der Waals surface area contributed by atoms with E-state index in [1.54, 1.807) is 43.5 Å². The van der Waals surface area contributed by atoms with Gasteiger partial charge in [0.15, 0.2) is 17.3 Å². The molecule has 0 fully saturated rings. The Balaban J connectivity index is 1.71. The van der Waals surface area contributed by atoms with Crippen LogP contribution < -0.4 is 18.9 Å². The van der Waals surface area contributed by atoms with Gasteiger partial charge in [0.25, 0.3) is 0 Å². The second kappa shape index (κ2) is 10.3. The topological polar surface area (TPSA) is 67.1 Å². The Bertz CT molecular complexity index is 1410. The van der Waals surface area contributed by atoms with Crippen molar-refractivity contribution in [2.24, 2.45) is 0 Å². The fraction of sp³-hybridized carbons (Fsp3) is 0.148. The molecule has 180 valence electrons. The third-order valence-corrected chi connectivity index (χ3v) is 6.16. The third-order valence-electron chi connectivity index (χ3n) is 5.42. The Morgan fingerprint density at radius 1 is 0.771 bits per heavy atom. The van der Waals surface area contributed by atoms with Crippen LogP contribution in [0.2, 0.25) is 10.0 Å². The summed E-state index contributed by atoms with van der Waals surface area (Å²) in [5.74, 6) is 1.59. The van der Waals surface area contributed by atoms with Crippen LogP contribution in [0.25, 0.3) is 23.1 Å². The number of rotatable bonds is 8. The Labute approximate surface area is 212 Å². The molecule has 0 aliphatic carbocycles. The largest absolute Gasteiger partial charge is 0.496 e. The molecular formula is C27H22Cl2O6. The molecule has 3 aromatic carbocycles. The number of benzene rings is 3. The molecule has 0 spiro atoms. The minimum absolute atomic E-state index is 0.168. The molecule has 8 heteroatoms. The van der Waals surface area contributed by atoms with Crippen molar-refractivity contribution in [2.75, 3.05) is 28.4 Å². The molecule has 0 unspecified atom stereocenters. The second-order valence-corrected chi connectivity index (χ2v) is 8.31. The smallest absolute Gasteiger partial charge is 0.228 e. The number of methoxy groups -OCH3 is 4. The zero-order valence-electron chi connectivity index (χ0n) is 19.5. The Kier molecular flexibility index (Phi) is 7.24. The lowest BCUT2D eigenvalue weighted by atomic mass is 10.1. The minimum atomic E-state index is -0.327. The molecule has 0 radical (unpaired) electrons. The fourth-order valence-corrected chi connectivity index (χ4v) is 3.97. The lowest BCUT2D eigenvalue weighted by molar-refractivity contribution is 0.101. The van der Waals surface area contributed by atoms with Gasteiger partial charge in [0, 0.05) is 22.6 Å². The molecule has 0 aliphatic rings. The van der Waals surface area contributed by atoms with Crippen molar-refractivity contribution < 1.29 is 28.2 Å². The summed E-state index contributed by atoms with van der Waals surface area (Å²) in [7, 11) is 6.06. The average Bonchev–Trinajstić information content (AvgIpc) is 3.30. The predicted molar refractivity (Wildman–Crippen MR) is 138 cm³/mol. The Hall–Kier alpha value is -3.61. The molecule has 0 bridgehead atoms. The first-order chi connectivity index (χ1) is 16.9. The van der Waals surface area contributed by atoms with Gasteiger partial charge in [0.2, 0.25) is 11.5 Å². The van der Waals surface area contributed by atoms with Crippen molar-refractivity contribution in [1.29, 1.82) is 0 Å². The number of furan rings is 1. The lowest BCUT2D eigenvalue weighted by Crippen LogP contribution is -2.03. The van der Waals surface area contributed by atoms with Crippen molar-refractivity contribution in [1.82, 2.24) is 0 Å². The number of carbonyl (C=O) groups is 1. The van der Waals surface area contributed by atoms with Crippen LogP contribution in [0, 0.1) is 0 Å². The Morgan fingerprint density at radius 2 is 1.46 bits per heavy atom. The van der Waals surface area contributed by atoms with Gasteiger partial charge in [-0.1, -0.05) is 41.4 Å². The van der Waals surface area contributed by atoms with E-state index >= 15 is 0 Å². The predicted octanol–water partition coefficient (Wildman–Crippen LogP) is 7.18. The molecule has 1 aromatic heterocycles. The normalized spacial score (nSPS) is 11.1. The van der Waals surface area contributed by atoms with Crippen molar-refractivity contribution in [2.45, 2.75) is 0 Å². The molecule has 0 N–H and O–H groups in total. The van der Waals surface area contributed by atoms with Crippen LogP contribution in [0.4, 0.5) is 0 Å². The Morgan fingerprint density at radius 3 is 2.06 bits per heavy atom. The van der Waals surface area contributed by atoms with E-state index in [0.717, 1.165) is 16.5 Å². The number of carbonyl (C=O) groups excluding carboxylic acids is 1. The highest BCUT2D eigenvalue weighted by molar-refractivity contribution is 6.42. The molecule has 0 saturated heterocycles. The maximum absolute atomic E-state index is 13.2. The van der Waals surface area contributed by atoms with Gasteiger partial charge in [-0.05, 0) is 42.0 Å². The van der Waals surface area contributed by atoms with Gasteiger partial charge in [0.05, 0.1) is 38.5 Å². The lowest BCUT2D eigenvalue weighted by Gasteiger charge is -2.13. The van der Waals surface area contributed by atoms with E-state index in [0.29, 0.717) is 44.2 Å². The minimum Gasteiger partial charge on any atom is -0.496 e. The third kappa shape index (κ3) is 4.94. The van der Waals surface area contributed by atoms with Crippen LogP contribution in [0.5, 0.6) is 23.0 Å². The number of ketones is 1. The van der Waals surface area contributed by atoms with Crippen LogP contribution in [0.1, 0.15) is 27.2 Å². The molecule has 0 saturated carbocycles. The van der Waals surface area contributed by atoms with Crippen LogP contribution in [-0.2, 0) is 0 Å². The number of halogens is 2. The summed E-state index contributed by atoms with van der Waals surface area (Å²) < 4.78 is 27.5. The van der Waals surface area contributed by atoms with E-state index in [2.05, 4.69) is 0 Å². The van der Waals surface area contributed by atoms with Crippen LogP contribution >= 0.6 is 23.2 Å². The molecule has 4 aromatic rings. The maximum Gasteiger partial charge on any atom is 0.228 e. The molecular weight excluding hydrogens is 491 g/mol. The summed E-state index contributed by atoms with van der Waals surface area (Å²) in [6.07, 6.45) is 3.79. The van der Waals surface area contributed by atoms with Gasteiger partial charge in [-0.2, -0.15) is 0 Å². The fourth-order valence-electron chi connectivity index (χ4n) is 3.66. The molecule has 4 rings (SSSR count). The van der Waals surface area contributed by atoms with Crippen molar-refractivity contribution in [3.63, 3.8) is 0 Å². The molecule has 0 amide bonds. The van der Waals surface area contributed by atoms with Crippen molar-refractivity contribution in [3.8, 4) is 23.0 Å². The summed E-state index contributed by atoms with van der Waals surface area (Å²) in [6, 6.07) is 13.9. The van der Waals surface area contributed by atoms with Gasteiger partial charge in [0.1, 0.15) is 11.3 Å². The molecule has 6 nitrogen and oxygen atoms in total. The zero-order chi connectivity index (χ0) is 25.1. The second-order valence-electron chi connectivity index (χ2n) is 7.49. The standard InChI is InChI=1S/C27H22Cl2O6/c1-31-21-14-22-17(10-16(21)7-5-15-6-8-19(28)20(29)9-15)11-23(35-22)26(30)18-12-24(32-2)27(34-4)25(13-18)33-3/h5-14H,1-4H3/b7-5+. The summed E-state index contributed by atoms with van der Waals surface area (Å²) in [5, 5.41) is 1.71. The molecule has 1 heterocycles. The van der Waals surface area contributed by atoms with Gasteiger partial charge in [-0.15, -0.1) is 0 Å². The highest BCUT2D eigenvalue weighted by Gasteiger charge is 2.21. The highest BCUT2D eigenvalue weighted by Crippen LogP contribution is 2.39. The number of fused-ring (bicyclic) bond motifs is 1. The van der Waals surface area contributed by atoms with Gasteiger partial charge in [-0.3, -0.25) is 4.79 Å². The molecule has 0 aliphatic heterocycles. The van der Waals surface area contributed by atoms with E-state index < -0.39 is 0 Å². The average molecular weight is 513 g/mol. The van der Waals surface area contributed by atoms with Gasteiger partial charge >= 0.3 is 0 Å². The molecule has 35 heavy (non-hydrogen) atoms. The van der Waals surface area contributed by atoms with E-state index in [1.807, 2.05) is 24.3 Å². The van der Waals surface area contributed by atoms with E-state index in [1.165, 1.54) is 21.3 Å². The van der Waals surface area contributed by atoms with Crippen LogP contribution in [0.3, 0.4) is 0 Å². The highest BCUT2D eigenvalue weighted by atomic mass is 35.5. The van der Waals surface area contributed by atoms with Gasteiger partial charge in [-0.25, -0.2) is 0 Å². The first-order valence-electron chi connectivity index (χ1n) is 10.5. The SMILES string of the molecule is COc1cc2oc(C(=O)c3cc(OC)c(OC)c(OC)c3)cc2cc1/C=C/c1ccc(Cl)c(Cl)c1. The maximum atomic E-state index is 13.2. The van der Waals surface area contributed by atoms with E-state index in [4.69, 9.17) is 46.6 Å². The monoisotopic (exact) mass is 512 g/mol. The number of hydrogen-bond acceptors (Lipinski definition) is 6.